The van der Waals surface area contributed by atoms with Crippen molar-refractivity contribution in [1.29, 1.82) is 0 Å². The Hall–Kier alpha value is -0.450. The van der Waals surface area contributed by atoms with Crippen LogP contribution in [0, 0.1) is 11.7 Å². The molecule has 18 heavy (non-hydrogen) atoms. The van der Waals surface area contributed by atoms with Gasteiger partial charge in [0.15, 0.2) is 0 Å². The minimum Gasteiger partial charge on any atom is -0.389 e. The summed E-state index contributed by atoms with van der Waals surface area (Å²) < 4.78 is 13.8. The predicted molar refractivity (Wildman–Crippen MR) is 75.9 cm³/mol. The standard InChI is InChI=1S/C14H21BrFNO/c1-10(2)7-14(3,18)9-17-8-11-4-5-12(15)13(16)6-11/h4-6,10,17-18H,7-9H2,1-3H3. The number of halogens is 2. The molecule has 1 aromatic carbocycles. The first-order valence-electron chi connectivity index (χ1n) is 6.17. The Morgan fingerprint density at radius 2 is 2.11 bits per heavy atom. The van der Waals surface area contributed by atoms with Gasteiger partial charge in [-0.1, -0.05) is 19.9 Å². The molecular weight excluding hydrogens is 297 g/mol. The highest BCUT2D eigenvalue weighted by molar-refractivity contribution is 9.10. The van der Waals surface area contributed by atoms with Gasteiger partial charge in [0.2, 0.25) is 0 Å². The predicted octanol–water partition coefficient (Wildman–Crippen LogP) is 3.47. The van der Waals surface area contributed by atoms with Crippen molar-refractivity contribution in [1.82, 2.24) is 5.32 Å². The molecule has 1 aromatic rings. The van der Waals surface area contributed by atoms with Crippen molar-refractivity contribution in [3.63, 3.8) is 0 Å². The maximum Gasteiger partial charge on any atom is 0.137 e. The normalized spacial score (nSPS) is 14.8. The molecule has 2 N–H and O–H groups in total. The minimum absolute atomic E-state index is 0.261. The molecule has 0 heterocycles. The van der Waals surface area contributed by atoms with Crippen LogP contribution in [-0.4, -0.2) is 17.3 Å². The van der Waals surface area contributed by atoms with E-state index < -0.39 is 5.60 Å². The van der Waals surface area contributed by atoms with Gasteiger partial charge in [-0.25, -0.2) is 4.39 Å². The Morgan fingerprint density at radius 1 is 1.44 bits per heavy atom. The molecular formula is C14H21BrFNO. The molecule has 0 aliphatic carbocycles. The summed E-state index contributed by atoms with van der Waals surface area (Å²) in [5.74, 6) is 0.190. The number of nitrogens with one attached hydrogen (secondary N) is 1. The van der Waals surface area contributed by atoms with Crippen LogP contribution >= 0.6 is 15.9 Å². The summed E-state index contributed by atoms with van der Waals surface area (Å²) >= 11 is 3.12. The van der Waals surface area contributed by atoms with Crippen molar-refractivity contribution in [2.24, 2.45) is 5.92 Å². The second-order valence-electron chi connectivity index (χ2n) is 5.45. The summed E-state index contributed by atoms with van der Waals surface area (Å²) in [5.41, 5.74) is 0.151. The molecule has 0 radical (unpaired) electrons. The van der Waals surface area contributed by atoms with Crippen molar-refractivity contribution in [3.8, 4) is 0 Å². The number of hydrogen-bond acceptors (Lipinski definition) is 2. The van der Waals surface area contributed by atoms with Crippen LogP contribution < -0.4 is 5.32 Å². The van der Waals surface area contributed by atoms with Crippen molar-refractivity contribution in [2.45, 2.75) is 39.3 Å². The zero-order valence-electron chi connectivity index (χ0n) is 11.1. The van der Waals surface area contributed by atoms with E-state index >= 15 is 0 Å². The van der Waals surface area contributed by atoms with Crippen LogP contribution in [0.4, 0.5) is 4.39 Å². The molecule has 0 spiro atoms. The zero-order valence-corrected chi connectivity index (χ0v) is 12.7. The highest BCUT2D eigenvalue weighted by Gasteiger charge is 2.20. The Morgan fingerprint density at radius 3 is 2.67 bits per heavy atom. The topological polar surface area (TPSA) is 32.3 Å². The average Bonchev–Trinajstić information content (AvgIpc) is 2.21. The summed E-state index contributed by atoms with van der Waals surface area (Å²) in [4.78, 5) is 0. The smallest absolute Gasteiger partial charge is 0.137 e. The zero-order chi connectivity index (χ0) is 13.8. The van der Waals surface area contributed by atoms with Gasteiger partial charge in [0.1, 0.15) is 5.82 Å². The Kier molecular flexibility index (Phi) is 5.76. The van der Waals surface area contributed by atoms with Gasteiger partial charge >= 0.3 is 0 Å². The van der Waals surface area contributed by atoms with Crippen LogP contribution in [0.25, 0.3) is 0 Å². The lowest BCUT2D eigenvalue weighted by Gasteiger charge is -2.25. The first kappa shape index (κ1) is 15.6. The highest BCUT2D eigenvalue weighted by atomic mass is 79.9. The first-order valence-corrected chi connectivity index (χ1v) is 6.96. The minimum atomic E-state index is -0.720. The largest absolute Gasteiger partial charge is 0.389 e. The van der Waals surface area contributed by atoms with E-state index in [9.17, 15) is 9.50 Å². The van der Waals surface area contributed by atoms with Crippen molar-refractivity contribution in [2.75, 3.05) is 6.54 Å². The van der Waals surface area contributed by atoms with Crippen LogP contribution in [0.2, 0.25) is 0 Å². The summed E-state index contributed by atoms with van der Waals surface area (Å²) in [6.07, 6.45) is 0.745. The van der Waals surface area contributed by atoms with Crippen molar-refractivity contribution >= 4 is 15.9 Å². The molecule has 0 bridgehead atoms. The maximum atomic E-state index is 13.3. The summed E-state index contributed by atoms with van der Waals surface area (Å²) in [7, 11) is 0. The second-order valence-corrected chi connectivity index (χ2v) is 6.30. The number of aliphatic hydroxyl groups is 1. The van der Waals surface area contributed by atoms with E-state index in [0.29, 0.717) is 23.5 Å². The third kappa shape index (κ3) is 5.46. The van der Waals surface area contributed by atoms with Gasteiger partial charge in [0.25, 0.3) is 0 Å². The highest BCUT2D eigenvalue weighted by Crippen LogP contribution is 2.17. The van der Waals surface area contributed by atoms with E-state index in [2.05, 4.69) is 35.1 Å². The molecule has 0 fully saturated rings. The third-order valence-corrected chi connectivity index (χ3v) is 3.31. The Bertz CT molecular complexity index is 393. The van der Waals surface area contributed by atoms with Crippen LogP contribution in [-0.2, 0) is 6.54 Å². The molecule has 1 unspecified atom stereocenters. The van der Waals surface area contributed by atoms with Crippen molar-refractivity contribution < 1.29 is 9.50 Å². The van der Waals surface area contributed by atoms with Crippen molar-refractivity contribution in [3.05, 3.63) is 34.1 Å². The molecule has 0 amide bonds. The van der Waals surface area contributed by atoms with Gasteiger partial charge in [-0.05, 0) is 52.9 Å². The molecule has 0 aliphatic rings. The quantitative estimate of drug-likeness (QED) is 0.842. The van der Waals surface area contributed by atoms with E-state index in [-0.39, 0.29) is 5.82 Å². The Labute approximate surface area is 117 Å². The fourth-order valence-electron chi connectivity index (χ4n) is 2.08. The first-order chi connectivity index (χ1) is 8.30. The van der Waals surface area contributed by atoms with Crippen LogP contribution in [0.1, 0.15) is 32.8 Å². The third-order valence-electron chi connectivity index (χ3n) is 2.67. The number of benzene rings is 1. The van der Waals surface area contributed by atoms with Crippen LogP contribution in [0.3, 0.4) is 0 Å². The molecule has 0 saturated heterocycles. The van der Waals surface area contributed by atoms with E-state index in [1.54, 1.807) is 6.07 Å². The lowest BCUT2D eigenvalue weighted by atomic mass is 9.94. The van der Waals surface area contributed by atoms with Crippen LogP contribution in [0.5, 0.6) is 0 Å². The number of hydrogen-bond donors (Lipinski definition) is 2. The molecule has 1 atom stereocenters. The molecule has 4 heteroatoms. The molecule has 102 valence electrons. The fourth-order valence-corrected chi connectivity index (χ4v) is 2.32. The summed E-state index contributed by atoms with van der Waals surface area (Å²) in [5, 5.41) is 13.3. The molecule has 0 aromatic heterocycles. The Balaban J connectivity index is 2.43. The van der Waals surface area contributed by atoms with Gasteiger partial charge < -0.3 is 10.4 Å². The van der Waals surface area contributed by atoms with E-state index in [0.717, 1.165) is 12.0 Å². The van der Waals surface area contributed by atoms with Gasteiger partial charge in [-0.2, -0.15) is 0 Å². The fraction of sp³-hybridized carbons (Fsp3) is 0.571. The van der Waals surface area contributed by atoms with E-state index in [4.69, 9.17) is 0 Å². The van der Waals surface area contributed by atoms with Gasteiger partial charge in [-0.3, -0.25) is 0 Å². The molecule has 1 rings (SSSR count). The van der Waals surface area contributed by atoms with E-state index in [1.807, 2.05) is 13.0 Å². The van der Waals surface area contributed by atoms with Gasteiger partial charge in [0.05, 0.1) is 10.1 Å². The lowest BCUT2D eigenvalue weighted by molar-refractivity contribution is 0.0383. The second kappa shape index (κ2) is 6.64. The monoisotopic (exact) mass is 317 g/mol. The summed E-state index contributed by atoms with van der Waals surface area (Å²) in [6, 6.07) is 5.05. The van der Waals surface area contributed by atoms with Gasteiger partial charge in [-0.15, -0.1) is 0 Å². The summed E-state index contributed by atoms with van der Waals surface area (Å²) in [6.45, 7) is 7.04. The SMILES string of the molecule is CC(C)CC(C)(O)CNCc1ccc(Br)c(F)c1. The van der Waals surface area contributed by atoms with Crippen LogP contribution in [0.15, 0.2) is 22.7 Å². The molecule has 2 nitrogen and oxygen atoms in total. The number of rotatable bonds is 6. The average molecular weight is 318 g/mol. The molecule has 0 saturated carbocycles. The molecule has 0 aliphatic heterocycles. The lowest BCUT2D eigenvalue weighted by Crippen LogP contribution is -2.38. The van der Waals surface area contributed by atoms with E-state index in [1.165, 1.54) is 6.07 Å². The van der Waals surface area contributed by atoms with Gasteiger partial charge in [0, 0.05) is 13.1 Å². The maximum absolute atomic E-state index is 13.3.